The number of methoxy groups -OCH3 is 1. The lowest BCUT2D eigenvalue weighted by molar-refractivity contribution is 0.184. The highest BCUT2D eigenvalue weighted by Crippen LogP contribution is 2.21. The van der Waals surface area contributed by atoms with Gasteiger partial charge < -0.3 is 9.64 Å². The van der Waals surface area contributed by atoms with E-state index in [0.717, 1.165) is 5.96 Å². The number of nitrogens with one attached hydrogen (secondary N) is 1. The highest BCUT2D eigenvalue weighted by molar-refractivity contribution is 5.79. The van der Waals surface area contributed by atoms with Gasteiger partial charge in [0, 0.05) is 20.2 Å². The van der Waals surface area contributed by atoms with E-state index in [1.807, 2.05) is 6.92 Å². The van der Waals surface area contributed by atoms with Gasteiger partial charge in [-0.05, 0) is 19.8 Å². The molecule has 0 aromatic carbocycles. The maximum absolute atomic E-state index is 5.60. The summed E-state index contributed by atoms with van der Waals surface area (Å²) >= 11 is 0. The van der Waals surface area contributed by atoms with Gasteiger partial charge >= 0.3 is 0 Å². The first-order valence-electron chi connectivity index (χ1n) is 6.95. The van der Waals surface area contributed by atoms with Gasteiger partial charge in [0.15, 0.2) is 0 Å². The van der Waals surface area contributed by atoms with Crippen molar-refractivity contribution in [3.8, 4) is 0 Å². The third-order valence-electron chi connectivity index (χ3n) is 3.59. The zero-order valence-corrected chi connectivity index (χ0v) is 12.0. The number of rotatable bonds is 4. The Balaban J connectivity index is 2.61. The smallest absolute Gasteiger partial charge is 0.208 e. The average molecular weight is 256 g/mol. The topological polar surface area (TPSA) is 62.9 Å². The van der Waals surface area contributed by atoms with E-state index in [0.29, 0.717) is 12.6 Å². The Bertz CT molecular complexity index is 249. The molecule has 1 rings (SSSR count). The molecule has 0 heterocycles. The van der Waals surface area contributed by atoms with Gasteiger partial charge in [-0.15, -0.1) is 0 Å². The van der Waals surface area contributed by atoms with Gasteiger partial charge in [-0.3, -0.25) is 5.43 Å². The first kappa shape index (κ1) is 15.2. The zero-order valence-electron chi connectivity index (χ0n) is 12.0. The minimum absolute atomic E-state index is 0.120. The number of ether oxygens (including phenoxy) is 1. The molecule has 0 aromatic heterocycles. The predicted molar refractivity (Wildman–Crippen MR) is 75.3 cm³/mol. The molecule has 5 heteroatoms. The van der Waals surface area contributed by atoms with E-state index in [1.54, 1.807) is 7.11 Å². The van der Waals surface area contributed by atoms with Gasteiger partial charge in [0.25, 0.3) is 0 Å². The van der Waals surface area contributed by atoms with Gasteiger partial charge in [0.1, 0.15) is 0 Å². The molecule has 0 aromatic rings. The van der Waals surface area contributed by atoms with Gasteiger partial charge in [-0.1, -0.05) is 25.7 Å². The normalized spacial score (nSPS) is 20.3. The molecule has 3 N–H and O–H groups in total. The van der Waals surface area contributed by atoms with E-state index >= 15 is 0 Å². The Labute approximate surface area is 111 Å². The monoisotopic (exact) mass is 256 g/mol. The summed E-state index contributed by atoms with van der Waals surface area (Å²) < 4.78 is 5.10. The number of hydrogen-bond acceptors (Lipinski definition) is 3. The molecule has 106 valence electrons. The van der Waals surface area contributed by atoms with Crippen molar-refractivity contribution < 1.29 is 4.74 Å². The molecule has 0 saturated heterocycles. The van der Waals surface area contributed by atoms with Crippen LogP contribution in [0.1, 0.15) is 45.4 Å². The number of hydrazine groups is 1. The van der Waals surface area contributed by atoms with E-state index < -0.39 is 0 Å². The van der Waals surface area contributed by atoms with Crippen molar-refractivity contribution in [2.24, 2.45) is 10.8 Å². The standard InChI is InChI=1S/C13H28N4O/c1-11(10-18-3)15-13(16-14)17(2)12-8-6-4-5-7-9-12/h11-12H,4-10,14H2,1-3H3,(H,15,16). The molecule has 1 saturated carbocycles. The van der Waals surface area contributed by atoms with Crippen molar-refractivity contribution in [2.45, 2.75) is 57.5 Å². The molecule has 1 aliphatic carbocycles. The van der Waals surface area contributed by atoms with Crippen LogP contribution in [0.25, 0.3) is 0 Å². The third kappa shape index (κ3) is 4.82. The van der Waals surface area contributed by atoms with Crippen LogP contribution < -0.4 is 11.3 Å². The highest BCUT2D eigenvalue weighted by atomic mass is 16.5. The van der Waals surface area contributed by atoms with Gasteiger partial charge in [-0.2, -0.15) is 0 Å². The third-order valence-corrected chi connectivity index (χ3v) is 3.59. The Hall–Kier alpha value is -0.810. The summed E-state index contributed by atoms with van der Waals surface area (Å²) in [5, 5.41) is 0. The van der Waals surface area contributed by atoms with E-state index in [2.05, 4.69) is 22.4 Å². The van der Waals surface area contributed by atoms with Crippen molar-refractivity contribution in [1.29, 1.82) is 0 Å². The second-order valence-electron chi connectivity index (χ2n) is 5.16. The fraction of sp³-hybridized carbons (Fsp3) is 0.923. The molecule has 18 heavy (non-hydrogen) atoms. The van der Waals surface area contributed by atoms with Crippen molar-refractivity contribution in [3.05, 3.63) is 0 Å². The number of nitrogens with two attached hydrogens (primary N) is 1. The number of aliphatic imine (C=N–C) groups is 1. The summed E-state index contributed by atoms with van der Waals surface area (Å²) in [6, 6.07) is 0.673. The number of guanidine groups is 1. The SMILES string of the molecule is COCC(C)N=C(NN)N(C)C1CCCCCC1. The number of hydrogen-bond donors (Lipinski definition) is 2. The molecule has 0 bridgehead atoms. The fourth-order valence-electron chi connectivity index (χ4n) is 2.54. The lowest BCUT2D eigenvalue weighted by Gasteiger charge is -2.30. The molecule has 1 atom stereocenters. The van der Waals surface area contributed by atoms with Crippen LogP contribution in [-0.4, -0.2) is 43.7 Å². The second-order valence-corrected chi connectivity index (χ2v) is 5.16. The quantitative estimate of drug-likeness (QED) is 0.263. The molecular formula is C13H28N4O. The highest BCUT2D eigenvalue weighted by Gasteiger charge is 2.19. The maximum Gasteiger partial charge on any atom is 0.208 e. The molecule has 1 fully saturated rings. The minimum Gasteiger partial charge on any atom is -0.382 e. The lowest BCUT2D eigenvalue weighted by atomic mass is 10.1. The van der Waals surface area contributed by atoms with E-state index in [-0.39, 0.29) is 6.04 Å². The molecule has 0 aliphatic heterocycles. The summed E-state index contributed by atoms with van der Waals surface area (Å²) in [6.07, 6.45) is 7.78. The van der Waals surface area contributed by atoms with E-state index in [1.165, 1.54) is 38.5 Å². The van der Waals surface area contributed by atoms with Crippen molar-refractivity contribution in [3.63, 3.8) is 0 Å². The Morgan fingerprint density at radius 2 is 2.00 bits per heavy atom. The average Bonchev–Trinajstić information content (AvgIpc) is 2.64. The maximum atomic E-state index is 5.60. The van der Waals surface area contributed by atoms with Crippen LogP contribution in [0.15, 0.2) is 4.99 Å². The summed E-state index contributed by atoms with van der Waals surface area (Å²) in [6.45, 7) is 2.64. The van der Waals surface area contributed by atoms with Gasteiger partial charge in [0.05, 0.1) is 12.6 Å². The zero-order chi connectivity index (χ0) is 13.4. The van der Waals surface area contributed by atoms with Crippen LogP contribution in [0.4, 0.5) is 0 Å². The van der Waals surface area contributed by atoms with Gasteiger partial charge in [0.2, 0.25) is 5.96 Å². The number of nitrogens with zero attached hydrogens (tertiary/aromatic N) is 2. The molecule has 0 amide bonds. The summed E-state index contributed by atoms with van der Waals surface area (Å²) in [7, 11) is 3.77. The Morgan fingerprint density at radius 1 is 1.39 bits per heavy atom. The molecule has 1 unspecified atom stereocenters. The fourth-order valence-corrected chi connectivity index (χ4v) is 2.54. The van der Waals surface area contributed by atoms with Crippen molar-refractivity contribution >= 4 is 5.96 Å². The van der Waals surface area contributed by atoms with Crippen molar-refractivity contribution in [2.75, 3.05) is 20.8 Å². The molecular weight excluding hydrogens is 228 g/mol. The minimum atomic E-state index is 0.120. The van der Waals surface area contributed by atoms with Crippen LogP contribution in [0, 0.1) is 0 Å². The Kier molecular flexibility index (Phi) is 7.05. The molecule has 1 aliphatic rings. The van der Waals surface area contributed by atoms with Crippen LogP contribution in [-0.2, 0) is 4.74 Å². The predicted octanol–water partition coefficient (Wildman–Crippen LogP) is 1.50. The summed E-state index contributed by atoms with van der Waals surface area (Å²) in [4.78, 5) is 6.76. The Morgan fingerprint density at radius 3 is 2.50 bits per heavy atom. The van der Waals surface area contributed by atoms with Gasteiger partial charge in [-0.25, -0.2) is 10.8 Å². The van der Waals surface area contributed by atoms with E-state index in [9.17, 15) is 0 Å². The largest absolute Gasteiger partial charge is 0.382 e. The van der Waals surface area contributed by atoms with Crippen LogP contribution in [0.5, 0.6) is 0 Å². The van der Waals surface area contributed by atoms with Crippen molar-refractivity contribution in [1.82, 2.24) is 10.3 Å². The van der Waals surface area contributed by atoms with Crippen LogP contribution in [0.3, 0.4) is 0 Å². The molecule has 5 nitrogen and oxygen atoms in total. The molecule has 0 radical (unpaired) electrons. The van der Waals surface area contributed by atoms with Crippen LogP contribution >= 0.6 is 0 Å². The first-order valence-corrected chi connectivity index (χ1v) is 6.95. The summed E-state index contributed by atoms with van der Waals surface area (Å²) in [5.41, 5.74) is 2.73. The van der Waals surface area contributed by atoms with Crippen LogP contribution in [0.2, 0.25) is 0 Å². The lowest BCUT2D eigenvalue weighted by Crippen LogP contribution is -2.48. The first-order chi connectivity index (χ1) is 8.69. The second kappa shape index (κ2) is 8.32. The van der Waals surface area contributed by atoms with E-state index in [4.69, 9.17) is 10.6 Å². The molecule has 0 spiro atoms. The summed E-state index contributed by atoms with van der Waals surface area (Å²) in [5.74, 6) is 6.37.